The molecule has 0 aliphatic carbocycles. The molecule has 2 nitrogen and oxygen atoms in total. The molecule has 0 saturated heterocycles. The molecule has 8 aromatic carbocycles. The Labute approximate surface area is 267 Å². The Morgan fingerprint density at radius 1 is 0.370 bits per heavy atom. The first-order chi connectivity index (χ1) is 22.8. The first-order valence-electron chi connectivity index (χ1n) is 15.7. The summed E-state index contributed by atoms with van der Waals surface area (Å²) in [7, 11) is 0. The van der Waals surface area contributed by atoms with E-state index in [1.165, 1.54) is 38.4 Å². The van der Waals surface area contributed by atoms with Crippen molar-refractivity contribution in [3.63, 3.8) is 0 Å². The van der Waals surface area contributed by atoms with Crippen LogP contribution in [0.25, 0.3) is 65.7 Å². The molecule has 0 saturated carbocycles. The summed E-state index contributed by atoms with van der Waals surface area (Å²) in [6.45, 7) is 0. The van der Waals surface area contributed by atoms with Gasteiger partial charge in [-0.15, -0.1) is 0 Å². The van der Waals surface area contributed by atoms with Crippen LogP contribution in [0, 0.1) is 0 Å². The van der Waals surface area contributed by atoms with E-state index in [1.807, 2.05) is 6.07 Å². The molecule has 46 heavy (non-hydrogen) atoms. The third-order valence-corrected chi connectivity index (χ3v) is 9.03. The summed E-state index contributed by atoms with van der Waals surface area (Å²) in [6, 6.07) is 62.7. The van der Waals surface area contributed by atoms with Gasteiger partial charge in [-0.25, -0.2) is 0 Å². The van der Waals surface area contributed by atoms with Crippen molar-refractivity contribution in [2.75, 3.05) is 4.90 Å². The third-order valence-electron chi connectivity index (χ3n) is 9.03. The van der Waals surface area contributed by atoms with E-state index in [2.05, 4.69) is 175 Å². The summed E-state index contributed by atoms with van der Waals surface area (Å²) in [5, 5.41) is 7.01. The standard InChI is InChI=1S/C44H29NO/c1-2-12-30(13-3-1)31-24-26-35(27-25-31)45(36-18-10-17-33(28-36)38-22-11-16-32-14-4-6-19-37(32)38)43-39-20-7-5-15-34(39)29-41-40-21-8-9-23-42(40)46-44(41)43/h1-29H. The Balaban J connectivity index is 1.33. The van der Waals surface area contributed by atoms with Crippen molar-refractivity contribution in [2.45, 2.75) is 0 Å². The maximum atomic E-state index is 6.74. The summed E-state index contributed by atoms with van der Waals surface area (Å²) in [5.74, 6) is 0. The molecule has 0 atom stereocenters. The molecule has 0 aliphatic heterocycles. The van der Waals surface area contributed by atoms with Gasteiger partial charge in [-0.1, -0.05) is 140 Å². The van der Waals surface area contributed by atoms with Crippen LogP contribution < -0.4 is 4.90 Å². The van der Waals surface area contributed by atoms with Gasteiger partial charge >= 0.3 is 0 Å². The van der Waals surface area contributed by atoms with Gasteiger partial charge in [0.2, 0.25) is 0 Å². The molecule has 0 N–H and O–H groups in total. The lowest BCUT2D eigenvalue weighted by Gasteiger charge is -2.28. The first-order valence-corrected chi connectivity index (χ1v) is 15.7. The number of benzene rings is 8. The van der Waals surface area contributed by atoms with Gasteiger partial charge in [-0.05, 0) is 74.8 Å². The average molecular weight is 588 g/mol. The van der Waals surface area contributed by atoms with Crippen LogP contribution in [0.3, 0.4) is 0 Å². The minimum absolute atomic E-state index is 0.877. The summed E-state index contributed by atoms with van der Waals surface area (Å²) < 4.78 is 6.74. The van der Waals surface area contributed by atoms with Gasteiger partial charge in [0, 0.05) is 27.5 Å². The molecule has 0 bridgehead atoms. The molecule has 1 aromatic heterocycles. The Bertz CT molecular complexity index is 2520. The van der Waals surface area contributed by atoms with Crippen LogP contribution in [0.1, 0.15) is 0 Å². The maximum Gasteiger partial charge on any atom is 0.160 e. The quantitative estimate of drug-likeness (QED) is 0.199. The number of para-hydroxylation sites is 1. The highest BCUT2D eigenvalue weighted by Crippen LogP contribution is 2.47. The van der Waals surface area contributed by atoms with E-state index in [-0.39, 0.29) is 0 Å². The van der Waals surface area contributed by atoms with E-state index < -0.39 is 0 Å². The lowest BCUT2D eigenvalue weighted by atomic mass is 9.97. The minimum Gasteiger partial charge on any atom is -0.454 e. The number of anilines is 3. The van der Waals surface area contributed by atoms with Crippen LogP contribution in [-0.2, 0) is 0 Å². The fraction of sp³-hybridized carbons (Fsp3) is 0. The summed E-state index contributed by atoms with van der Waals surface area (Å²) in [4.78, 5) is 2.37. The minimum atomic E-state index is 0.877. The summed E-state index contributed by atoms with van der Waals surface area (Å²) in [5.41, 5.74) is 9.69. The molecular weight excluding hydrogens is 558 g/mol. The summed E-state index contributed by atoms with van der Waals surface area (Å²) >= 11 is 0. The Kier molecular flexibility index (Phi) is 6.17. The van der Waals surface area contributed by atoms with Gasteiger partial charge < -0.3 is 9.32 Å². The zero-order valence-electron chi connectivity index (χ0n) is 25.1. The van der Waals surface area contributed by atoms with Crippen LogP contribution in [0.5, 0.6) is 0 Å². The van der Waals surface area contributed by atoms with Crippen molar-refractivity contribution in [1.82, 2.24) is 0 Å². The van der Waals surface area contributed by atoms with E-state index >= 15 is 0 Å². The van der Waals surface area contributed by atoms with Crippen LogP contribution in [0.15, 0.2) is 180 Å². The topological polar surface area (TPSA) is 16.4 Å². The molecule has 2 heteroatoms. The maximum absolute atomic E-state index is 6.74. The van der Waals surface area contributed by atoms with E-state index in [4.69, 9.17) is 4.42 Å². The Morgan fingerprint density at radius 3 is 1.85 bits per heavy atom. The van der Waals surface area contributed by atoms with Gasteiger partial charge in [-0.3, -0.25) is 0 Å². The van der Waals surface area contributed by atoms with Crippen molar-refractivity contribution in [3.8, 4) is 22.3 Å². The van der Waals surface area contributed by atoms with Crippen LogP contribution in [0.2, 0.25) is 0 Å². The highest BCUT2D eigenvalue weighted by molar-refractivity contribution is 6.19. The van der Waals surface area contributed by atoms with Crippen LogP contribution in [0.4, 0.5) is 17.1 Å². The van der Waals surface area contributed by atoms with E-state index in [1.54, 1.807) is 0 Å². The molecule has 0 aliphatic rings. The van der Waals surface area contributed by atoms with Gasteiger partial charge in [0.25, 0.3) is 0 Å². The molecule has 9 aromatic rings. The third kappa shape index (κ3) is 4.35. The predicted molar refractivity (Wildman–Crippen MR) is 194 cm³/mol. The Morgan fingerprint density at radius 2 is 1.00 bits per heavy atom. The zero-order chi connectivity index (χ0) is 30.5. The fourth-order valence-corrected chi connectivity index (χ4v) is 6.85. The SMILES string of the molecule is c1ccc(-c2ccc(N(c3cccc(-c4cccc5ccccc45)c3)c3c4ccccc4cc4c3oc3ccccc34)cc2)cc1. The van der Waals surface area contributed by atoms with Crippen molar-refractivity contribution in [1.29, 1.82) is 0 Å². The lowest BCUT2D eigenvalue weighted by Crippen LogP contribution is -2.11. The number of nitrogens with zero attached hydrogens (tertiary/aromatic N) is 1. The van der Waals surface area contributed by atoms with Crippen LogP contribution >= 0.6 is 0 Å². The fourth-order valence-electron chi connectivity index (χ4n) is 6.85. The molecule has 216 valence electrons. The van der Waals surface area contributed by atoms with Crippen LogP contribution in [-0.4, -0.2) is 0 Å². The van der Waals surface area contributed by atoms with E-state index in [9.17, 15) is 0 Å². The highest BCUT2D eigenvalue weighted by Gasteiger charge is 2.23. The number of fused-ring (bicyclic) bond motifs is 5. The predicted octanol–water partition coefficient (Wildman–Crippen LogP) is 12.7. The molecule has 9 rings (SSSR count). The lowest BCUT2D eigenvalue weighted by molar-refractivity contribution is 0.669. The smallest absolute Gasteiger partial charge is 0.160 e. The molecule has 1 heterocycles. The van der Waals surface area contributed by atoms with E-state index in [0.29, 0.717) is 0 Å². The molecular formula is C44H29NO. The second kappa shape index (κ2) is 10.8. The molecule has 0 radical (unpaired) electrons. The molecule has 0 amide bonds. The van der Waals surface area contributed by atoms with Crippen molar-refractivity contribution in [2.24, 2.45) is 0 Å². The first kappa shape index (κ1) is 26.3. The van der Waals surface area contributed by atoms with E-state index in [0.717, 1.165) is 44.4 Å². The van der Waals surface area contributed by atoms with Gasteiger partial charge in [0.15, 0.2) is 5.58 Å². The van der Waals surface area contributed by atoms with Gasteiger partial charge in [0.1, 0.15) is 5.58 Å². The number of rotatable bonds is 5. The number of hydrogen-bond acceptors (Lipinski definition) is 2. The van der Waals surface area contributed by atoms with Gasteiger partial charge in [0.05, 0.1) is 5.69 Å². The summed E-state index contributed by atoms with van der Waals surface area (Å²) in [6.07, 6.45) is 0. The zero-order valence-corrected chi connectivity index (χ0v) is 25.1. The van der Waals surface area contributed by atoms with Crippen molar-refractivity contribution >= 4 is 60.5 Å². The highest BCUT2D eigenvalue weighted by atomic mass is 16.3. The molecule has 0 unspecified atom stereocenters. The second-order valence-corrected chi connectivity index (χ2v) is 11.7. The second-order valence-electron chi connectivity index (χ2n) is 11.7. The normalized spacial score (nSPS) is 11.5. The van der Waals surface area contributed by atoms with Crippen molar-refractivity contribution in [3.05, 3.63) is 176 Å². The number of furan rings is 1. The largest absolute Gasteiger partial charge is 0.454 e. The number of hydrogen-bond donors (Lipinski definition) is 0. The monoisotopic (exact) mass is 587 g/mol. The Hall–Kier alpha value is -6.12. The average Bonchev–Trinajstić information content (AvgIpc) is 3.50. The molecule has 0 fully saturated rings. The van der Waals surface area contributed by atoms with Gasteiger partial charge in [-0.2, -0.15) is 0 Å². The van der Waals surface area contributed by atoms with Crippen molar-refractivity contribution < 1.29 is 4.42 Å². The molecule has 0 spiro atoms.